The number of anilines is 1. The monoisotopic (exact) mass is 1170 g/mol. The number of hydrogen-bond acceptors (Lipinski definition) is 12. The number of carbonyl (C=O) groups is 7. The molecule has 440 valence electrons. The summed E-state index contributed by atoms with van der Waals surface area (Å²) in [4.78, 5) is 107. The lowest BCUT2D eigenvalue weighted by Gasteiger charge is -2.28. The first-order chi connectivity index (χ1) is 41.1. The number of phenolic OH excluding ortho intramolecular Hbond substituents is 1. The Hall–Kier alpha value is -9.46. The Morgan fingerprint density at radius 3 is 1.51 bits per heavy atom. The van der Waals surface area contributed by atoms with E-state index in [0.717, 1.165) is 22.5 Å². The predicted octanol–water partition coefficient (Wildman–Crippen LogP) is 7.25. The van der Waals surface area contributed by atoms with Crippen LogP contribution in [0.4, 0.5) is 5.69 Å². The lowest BCUT2D eigenvalue weighted by atomic mass is 10.00. The fraction of sp³-hybridized carbons (Fsp3) is 0.258. The second-order valence-electron chi connectivity index (χ2n) is 20.7. The standard InChI is InChI=1S/C66H71N9O9S/c1-44(2)60(65(82)73-58(66(83)84)40-48-16-8-5-9-17-48)74-62(79)55(34-37-85-3)70-63(80)57(38-47-14-6-4-7-15-47)72-64(81)56(39-49-26-32-54(76)33-27-49)71-61(78)50-28-22-45(23-29-50)20-21-46-24-30-51(31-25-46)69-59(77)43-75(41-52-18-10-12-35-67-52)42-53-19-11-13-36-68-53/h4-33,35-36,44,55-58,60,76H,34,37-43H2,1-3H3,(H,69,77)(H,70,80)(H,71,78)(H,72,81)(H,73,82)(H,74,79)(H,83,84)/b21-20+/t55-,56-,57-,58-,60-/m0/s1. The quantitative estimate of drug-likeness (QED) is 0.0207. The summed E-state index contributed by atoms with van der Waals surface area (Å²) < 4.78 is 0. The highest BCUT2D eigenvalue weighted by Gasteiger charge is 2.34. The molecule has 0 aliphatic rings. The molecule has 0 spiro atoms. The highest BCUT2D eigenvalue weighted by molar-refractivity contribution is 7.98. The van der Waals surface area contributed by atoms with Crippen molar-refractivity contribution >= 4 is 71.0 Å². The number of aliphatic carboxylic acids is 1. The topological polar surface area (TPSA) is 261 Å². The maximum absolute atomic E-state index is 14.6. The van der Waals surface area contributed by atoms with Gasteiger partial charge in [-0.15, -0.1) is 0 Å². The van der Waals surface area contributed by atoms with Gasteiger partial charge in [0, 0.05) is 56.0 Å². The van der Waals surface area contributed by atoms with E-state index < -0.39 is 71.6 Å². The van der Waals surface area contributed by atoms with Gasteiger partial charge in [-0.1, -0.05) is 135 Å². The molecule has 0 aliphatic heterocycles. The van der Waals surface area contributed by atoms with Crippen LogP contribution in [0, 0.1) is 5.92 Å². The second kappa shape index (κ2) is 32.4. The molecule has 7 aromatic rings. The van der Waals surface area contributed by atoms with Gasteiger partial charge in [-0.3, -0.25) is 43.6 Å². The van der Waals surface area contributed by atoms with Gasteiger partial charge >= 0.3 is 5.97 Å². The van der Waals surface area contributed by atoms with E-state index in [1.807, 2.05) is 90.0 Å². The molecular formula is C66H71N9O9S. The Labute approximate surface area is 499 Å². The summed E-state index contributed by atoms with van der Waals surface area (Å²) in [5.41, 5.74) is 6.18. The molecule has 0 bridgehead atoms. The zero-order valence-corrected chi connectivity index (χ0v) is 48.4. The fourth-order valence-electron chi connectivity index (χ4n) is 9.16. The third-order valence-electron chi connectivity index (χ3n) is 13.7. The summed E-state index contributed by atoms with van der Waals surface area (Å²) >= 11 is 1.44. The number of amides is 6. The second-order valence-corrected chi connectivity index (χ2v) is 21.7. The SMILES string of the molecule is CSCC[C@H](NC(=O)[C@H](Cc1ccccc1)NC(=O)[C@H](Cc1ccc(O)cc1)NC(=O)c1ccc(/C=C/c2ccc(NC(=O)CN(Cc3ccccn3)Cc3ccccn3)cc2)cc1)C(=O)N[C@H](C(=O)N[C@@H](Cc1ccccc1)C(=O)O)C(C)C. The number of carbonyl (C=O) groups excluding carboxylic acids is 6. The number of rotatable bonds is 30. The minimum atomic E-state index is -1.28. The van der Waals surface area contributed by atoms with Crippen molar-refractivity contribution in [1.82, 2.24) is 41.5 Å². The number of carboxylic acids is 1. The zero-order valence-electron chi connectivity index (χ0n) is 47.6. The van der Waals surface area contributed by atoms with Gasteiger partial charge in [0.15, 0.2) is 0 Å². The van der Waals surface area contributed by atoms with Gasteiger partial charge in [0.25, 0.3) is 5.91 Å². The summed E-state index contributed by atoms with van der Waals surface area (Å²) in [5, 5.41) is 36.9. The van der Waals surface area contributed by atoms with Gasteiger partial charge in [0.05, 0.1) is 17.9 Å². The van der Waals surface area contributed by atoms with Crippen molar-refractivity contribution in [2.75, 3.05) is 23.9 Å². The van der Waals surface area contributed by atoms with Crippen molar-refractivity contribution in [3.05, 3.63) is 227 Å². The number of pyridine rings is 2. The molecule has 5 aromatic carbocycles. The van der Waals surface area contributed by atoms with E-state index in [0.29, 0.717) is 41.2 Å². The van der Waals surface area contributed by atoms with Gasteiger partial charge in [-0.25, -0.2) is 4.79 Å². The van der Waals surface area contributed by atoms with Gasteiger partial charge in [-0.2, -0.15) is 11.8 Å². The minimum absolute atomic E-state index is 0.000362. The largest absolute Gasteiger partial charge is 0.508 e. The van der Waals surface area contributed by atoms with Crippen LogP contribution >= 0.6 is 11.8 Å². The molecule has 7 rings (SSSR count). The average molecular weight is 1170 g/mol. The highest BCUT2D eigenvalue weighted by Crippen LogP contribution is 2.18. The molecule has 0 aliphatic carbocycles. The van der Waals surface area contributed by atoms with E-state index >= 15 is 0 Å². The predicted molar refractivity (Wildman–Crippen MR) is 330 cm³/mol. The Kier molecular flexibility index (Phi) is 24.1. The van der Waals surface area contributed by atoms with E-state index in [1.54, 1.807) is 117 Å². The number of benzene rings is 5. The number of hydrogen-bond donors (Lipinski definition) is 8. The summed E-state index contributed by atoms with van der Waals surface area (Å²) in [5.74, 6) is -4.83. The number of nitrogens with one attached hydrogen (secondary N) is 6. The van der Waals surface area contributed by atoms with E-state index in [9.17, 15) is 43.8 Å². The van der Waals surface area contributed by atoms with Crippen LogP contribution in [0.2, 0.25) is 0 Å². The van der Waals surface area contributed by atoms with Gasteiger partial charge < -0.3 is 42.1 Å². The van der Waals surface area contributed by atoms with E-state index in [4.69, 9.17) is 0 Å². The molecule has 19 heteroatoms. The van der Waals surface area contributed by atoms with Crippen molar-refractivity contribution < 1.29 is 43.8 Å². The Morgan fingerprint density at radius 2 is 1.00 bits per heavy atom. The molecule has 0 saturated heterocycles. The van der Waals surface area contributed by atoms with Gasteiger partial charge in [0.2, 0.25) is 29.5 Å². The maximum Gasteiger partial charge on any atom is 0.326 e. The van der Waals surface area contributed by atoms with Crippen molar-refractivity contribution in [3.63, 3.8) is 0 Å². The number of aromatic hydroxyl groups is 1. The first kappa shape index (κ1) is 63.1. The molecule has 0 saturated carbocycles. The molecule has 85 heavy (non-hydrogen) atoms. The number of nitrogens with zero attached hydrogens (tertiary/aromatic N) is 3. The lowest BCUT2D eigenvalue weighted by Crippen LogP contribution is -2.60. The average Bonchev–Trinajstić information content (AvgIpc) is 3.66. The molecule has 0 fully saturated rings. The van der Waals surface area contributed by atoms with Crippen molar-refractivity contribution in [2.45, 2.75) is 82.8 Å². The molecule has 0 radical (unpaired) electrons. The molecular weight excluding hydrogens is 1090 g/mol. The van der Waals surface area contributed by atoms with Crippen LogP contribution < -0.4 is 31.9 Å². The molecule has 5 atom stereocenters. The first-order valence-corrected chi connectivity index (χ1v) is 29.3. The Morgan fingerprint density at radius 1 is 0.529 bits per heavy atom. The normalized spacial score (nSPS) is 13.0. The van der Waals surface area contributed by atoms with E-state index in [1.165, 1.54) is 23.9 Å². The molecule has 2 aromatic heterocycles. The minimum Gasteiger partial charge on any atom is -0.508 e. The zero-order chi connectivity index (χ0) is 60.5. The summed E-state index contributed by atoms with van der Waals surface area (Å²) in [7, 11) is 0. The number of thioether (sulfide) groups is 1. The lowest BCUT2D eigenvalue weighted by molar-refractivity contribution is -0.142. The Bertz CT molecular complexity index is 3280. The highest BCUT2D eigenvalue weighted by atomic mass is 32.2. The summed E-state index contributed by atoms with van der Waals surface area (Å²) in [6.07, 6.45) is 9.20. The number of carboxylic acid groups (broad SMARTS) is 1. The molecule has 8 N–H and O–H groups in total. The summed E-state index contributed by atoms with van der Waals surface area (Å²) in [6.45, 7) is 4.46. The van der Waals surface area contributed by atoms with Crippen LogP contribution in [0.3, 0.4) is 0 Å². The van der Waals surface area contributed by atoms with Crippen LogP contribution in [0.25, 0.3) is 12.2 Å². The molecule has 2 heterocycles. The van der Waals surface area contributed by atoms with E-state index in [-0.39, 0.29) is 49.4 Å². The summed E-state index contributed by atoms with van der Waals surface area (Å²) in [6, 6.07) is 43.4. The third kappa shape index (κ3) is 20.7. The maximum atomic E-state index is 14.6. The number of phenols is 1. The van der Waals surface area contributed by atoms with Crippen LogP contribution in [-0.2, 0) is 61.1 Å². The van der Waals surface area contributed by atoms with Crippen molar-refractivity contribution in [2.24, 2.45) is 5.92 Å². The fourth-order valence-corrected chi connectivity index (χ4v) is 9.63. The molecule has 0 unspecified atom stereocenters. The molecule has 18 nitrogen and oxygen atoms in total. The number of aromatic nitrogens is 2. The van der Waals surface area contributed by atoms with Crippen LogP contribution in [0.1, 0.15) is 69.8 Å². The molecule has 6 amide bonds. The van der Waals surface area contributed by atoms with Gasteiger partial charge in [-0.05, 0) is 113 Å². The third-order valence-corrected chi connectivity index (χ3v) is 14.4. The Balaban J connectivity index is 1.01. The van der Waals surface area contributed by atoms with Gasteiger partial charge in [0.1, 0.15) is 36.0 Å². The van der Waals surface area contributed by atoms with E-state index in [2.05, 4.69) is 41.9 Å². The van der Waals surface area contributed by atoms with Crippen molar-refractivity contribution in [1.29, 1.82) is 0 Å². The van der Waals surface area contributed by atoms with Crippen molar-refractivity contribution in [3.8, 4) is 5.75 Å². The van der Waals surface area contributed by atoms with Crippen LogP contribution in [-0.4, -0.2) is 115 Å². The van der Waals surface area contributed by atoms with Crippen LogP contribution in [0.15, 0.2) is 182 Å². The smallest absolute Gasteiger partial charge is 0.326 e. The van der Waals surface area contributed by atoms with Crippen LogP contribution in [0.5, 0.6) is 5.75 Å². The first-order valence-electron chi connectivity index (χ1n) is 27.9.